The third-order valence-corrected chi connectivity index (χ3v) is 3.18. The highest BCUT2D eigenvalue weighted by Crippen LogP contribution is 2.18. The lowest BCUT2D eigenvalue weighted by molar-refractivity contribution is 0.0952. The van der Waals surface area contributed by atoms with Crippen molar-refractivity contribution in [3.05, 3.63) is 45.7 Å². The molecule has 0 aliphatic rings. The summed E-state index contributed by atoms with van der Waals surface area (Å²) in [6.07, 6.45) is 0.530. The average Bonchev–Trinajstić information content (AvgIpc) is 2.92. The molecule has 0 bridgehead atoms. The summed E-state index contributed by atoms with van der Waals surface area (Å²) in [5.74, 6) is 4.15. The van der Waals surface area contributed by atoms with E-state index in [0.717, 1.165) is 23.5 Å². The van der Waals surface area contributed by atoms with Crippen molar-refractivity contribution < 1.29 is 18.7 Å². The van der Waals surface area contributed by atoms with Crippen molar-refractivity contribution >= 4 is 23.5 Å². The van der Waals surface area contributed by atoms with E-state index in [9.17, 15) is 14.0 Å². The minimum atomic E-state index is -0.564. The molecular formula is C12H10FN3O3S. The number of nitrogens with one attached hydrogen (secondary N) is 1. The van der Waals surface area contributed by atoms with Gasteiger partial charge < -0.3 is 4.74 Å². The van der Waals surface area contributed by atoms with E-state index in [2.05, 4.69) is 4.98 Å². The molecular weight excluding hydrogens is 285 g/mol. The van der Waals surface area contributed by atoms with Crippen molar-refractivity contribution in [2.75, 3.05) is 0 Å². The lowest BCUT2D eigenvalue weighted by atomic mass is 10.2. The number of benzene rings is 1. The maximum atomic E-state index is 13.2. The summed E-state index contributed by atoms with van der Waals surface area (Å²) < 4.78 is 18.5. The number of hydrogen-bond acceptors (Lipinski definition) is 6. The van der Waals surface area contributed by atoms with Crippen LogP contribution in [0.4, 0.5) is 4.39 Å². The maximum absolute atomic E-state index is 13.2. The molecule has 3 N–H and O–H groups in total. The zero-order valence-corrected chi connectivity index (χ0v) is 10.9. The Morgan fingerprint density at radius 1 is 1.50 bits per heavy atom. The van der Waals surface area contributed by atoms with Crippen molar-refractivity contribution in [1.29, 1.82) is 0 Å². The van der Waals surface area contributed by atoms with Gasteiger partial charge in [0.25, 0.3) is 5.91 Å². The van der Waals surface area contributed by atoms with E-state index in [1.54, 1.807) is 5.38 Å². The van der Waals surface area contributed by atoms with Gasteiger partial charge >= 0.3 is 0 Å². The van der Waals surface area contributed by atoms with Crippen LogP contribution in [0, 0.1) is 5.82 Å². The van der Waals surface area contributed by atoms with Crippen LogP contribution in [-0.4, -0.2) is 17.2 Å². The normalized spacial score (nSPS) is 10.1. The minimum absolute atomic E-state index is 0.0517. The van der Waals surface area contributed by atoms with Crippen LogP contribution < -0.4 is 16.0 Å². The monoisotopic (exact) mass is 295 g/mol. The Labute approximate surface area is 117 Å². The number of aromatic nitrogens is 1. The number of nitrogens with zero attached hydrogens (tertiary/aromatic N) is 1. The van der Waals surface area contributed by atoms with Gasteiger partial charge in [-0.05, 0) is 12.1 Å². The SMILES string of the molecule is NNC(=O)c1nc(COc2cc(F)cc(C=O)c2)cs1. The van der Waals surface area contributed by atoms with E-state index in [0.29, 0.717) is 12.0 Å². The molecule has 0 aliphatic carbocycles. The van der Waals surface area contributed by atoms with E-state index in [1.807, 2.05) is 5.43 Å². The van der Waals surface area contributed by atoms with Crippen molar-refractivity contribution in [2.24, 2.45) is 5.84 Å². The average molecular weight is 295 g/mol. The minimum Gasteiger partial charge on any atom is -0.487 e. The number of nitrogen functional groups attached to an aromatic ring is 1. The molecule has 0 radical (unpaired) electrons. The number of hydrazine groups is 1. The summed E-state index contributed by atoms with van der Waals surface area (Å²) in [6.45, 7) is 0.0517. The van der Waals surface area contributed by atoms with Crippen LogP contribution in [0.15, 0.2) is 23.6 Å². The molecule has 1 aromatic heterocycles. The molecule has 0 saturated heterocycles. The van der Waals surface area contributed by atoms with E-state index in [1.165, 1.54) is 6.07 Å². The first-order valence-electron chi connectivity index (χ1n) is 5.46. The zero-order chi connectivity index (χ0) is 14.5. The van der Waals surface area contributed by atoms with Gasteiger partial charge in [0.15, 0.2) is 5.01 Å². The van der Waals surface area contributed by atoms with Crippen molar-refractivity contribution in [2.45, 2.75) is 6.61 Å². The summed E-state index contributed by atoms with van der Waals surface area (Å²) >= 11 is 1.11. The number of nitrogens with two attached hydrogens (primary N) is 1. The Morgan fingerprint density at radius 2 is 2.30 bits per heavy atom. The van der Waals surface area contributed by atoms with Gasteiger partial charge in [0.05, 0.1) is 5.69 Å². The van der Waals surface area contributed by atoms with Crippen LogP contribution in [0.25, 0.3) is 0 Å². The second-order valence-electron chi connectivity index (χ2n) is 3.74. The molecule has 0 saturated carbocycles. The fraction of sp³-hybridized carbons (Fsp3) is 0.0833. The van der Waals surface area contributed by atoms with Gasteiger partial charge in [-0.1, -0.05) is 0 Å². The first-order chi connectivity index (χ1) is 9.62. The fourth-order valence-corrected chi connectivity index (χ4v) is 2.14. The molecule has 0 spiro atoms. The Kier molecular flexibility index (Phi) is 4.38. The zero-order valence-electron chi connectivity index (χ0n) is 10.1. The highest BCUT2D eigenvalue weighted by molar-refractivity contribution is 7.11. The van der Waals surface area contributed by atoms with E-state index >= 15 is 0 Å². The number of carbonyl (C=O) groups is 2. The van der Waals surface area contributed by atoms with Gasteiger partial charge in [0.1, 0.15) is 24.5 Å². The van der Waals surface area contributed by atoms with Gasteiger partial charge in [0.2, 0.25) is 0 Å². The van der Waals surface area contributed by atoms with Gasteiger partial charge in [0, 0.05) is 17.0 Å². The maximum Gasteiger partial charge on any atom is 0.294 e. The van der Waals surface area contributed by atoms with Crippen molar-refractivity contribution in [3.8, 4) is 5.75 Å². The molecule has 0 unspecified atom stereocenters. The number of aldehydes is 1. The number of hydrogen-bond donors (Lipinski definition) is 2. The number of ether oxygens (including phenoxy) is 1. The molecule has 8 heteroatoms. The summed E-state index contributed by atoms with van der Waals surface area (Å²) in [4.78, 5) is 25.8. The van der Waals surface area contributed by atoms with Crippen LogP contribution in [0.5, 0.6) is 5.75 Å². The third-order valence-electron chi connectivity index (χ3n) is 2.29. The lowest BCUT2D eigenvalue weighted by Gasteiger charge is -2.05. The van der Waals surface area contributed by atoms with Crippen LogP contribution in [0.3, 0.4) is 0 Å². The molecule has 6 nitrogen and oxygen atoms in total. The van der Waals surface area contributed by atoms with Crippen LogP contribution in [-0.2, 0) is 6.61 Å². The number of amides is 1. The number of rotatable bonds is 5. The van der Waals surface area contributed by atoms with E-state index in [4.69, 9.17) is 10.6 Å². The second kappa shape index (κ2) is 6.22. The summed E-state index contributed by atoms with van der Waals surface area (Å²) in [5, 5.41) is 1.84. The highest BCUT2D eigenvalue weighted by Gasteiger charge is 2.10. The number of thiazole rings is 1. The quantitative estimate of drug-likeness (QED) is 0.375. The Morgan fingerprint density at radius 3 is 3.00 bits per heavy atom. The molecule has 1 aromatic carbocycles. The Balaban J connectivity index is 2.05. The predicted molar refractivity (Wildman–Crippen MR) is 69.9 cm³/mol. The summed E-state index contributed by atoms with van der Waals surface area (Å²) in [7, 11) is 0. The van der Waals surface area contributed by atoms with E-state index < -0.39 is 11.7 Å². The highest BCUT2D eigenvalue weighted by atomic mass is 32.1. The van der Waals surface area contributed by atoms with Crippen molar-refractivity contribution in [1.82, 2.24) is 10.4 Å². The number of carbonyl (C=O) groups excluding carboxylic acids is 2. The molecule has 0 atom stereocenters. The first-order valence-corrected chi connectivity index (χ1v) is 6.34. The van der Waals surface area contributed by atoms with Gasteiger partial charge in [-0.15, -0.1) is 11.3 Å². The molecule has 0 fully saturated rings. The molecule has 2 rings (SSSR count). The number of halogens is 1. The molecule has 104 valence electrons. The Bertz CT molecular complexity index is 645. The van der Waals surface area contributed by atoms with Crippen molar-refractivity contribution in [3.63, 3.8) is 0 Å². The molecule has 1 heterocycles. The predicted octanol–water partition coefficient (Wildman–Crippen LogP) is 1.28. The summed E-state index contributed by atoms with van der Waals surface area (Å²) in [6, 6.07) is 3.68. The lowest BCUT2D eigenvalue weighted by Crippen LogP contribution is -2.29. The molecule has 2 aromatic rings. The standard InChI is InChI=1S/C12H10FN3O3S/c13-8-1-7(4-17)2-10(3-8)19-5-9-6-20-12(15-9)11(18)16-14/h1-4,6H,5,14H2,(H,16,18). The molecule has 1 amide bonds. The second-order valence-corrected chi connectivity index (χ2v) is 4.60. The fourth-order valence-electron chi connectivity index (χ4n) is 1.43. The smallest absolute Gasteiger partial charge is 0.294 e. The van der Waals surface area contributed by atoms with E-state index in [-0.39, 0.29) is 22.9 Å². The molecule has 0 aliphatic heterocycles. The first kappa shape index (κ1) is 14.1. The van der Waals surface area contributed by atoms with Crippen LogP contribution in [0.1, 0.15) is 25.9 Å². The molecule has 20 heavy (non-hydrogen) atoms. The summed E-state index contributed by atoms with van der Waals surface area (Å²) in [5.41, 5.74) is 2.66. The van der Waals surface area contributed by atoms with Gasteiger partial charge in [-0.3, -0.25) is 15.0 Å². The van der Waals surface area contributed by atoms with Gasteiger partial charge in [-0.25, -0.2) is 15.2 Å². The Hall–Kier alpha value is -2.32. The third kappa shape index (κ3) is 3.37. The van der Waals surface area contributed by atoms with Gasteiger partial charge in [-0.2, -0.15) is 0 Å². The van der Waals surface area contributed by atoms with Crippen LogP contribution in [0.2, 0.25) is 0 Å². The topological polar surface area (TPSA) is 94.3 Å². The van der Waals surface area contributed by atoms with Crippen LogP contribution >= 0.6 is 11.3 Å². The largest absolute Gasteiger partial charge is 0.487 e.